The van der Waals surface area contributed by atoms with Crippen LogP contribution in [0.4, 0.5) is 11.6 Å². The third-order valence-electron chi connectivity index (χ3n) is 4.25. The zero-order valence-corrected chi connectivity index (χ0v) is 14.2. The minimum atomic E-state index is 0.0391. The lowest BCUT2D eigenvalue weighted by Gasteiger charge is -2.35. The van der Waals surface area contributed by atoms with Crippen molar-refractivity contribution >= 4 is 17.5 Å². The van der Waals surface area contributed by atoms with E-state index >= 15 is 0 Å². The first kappa shape index (κ1) is 16.4. The Balaban J connectivity index is 1.88. The zero-order valence-electron chi connectivity index (χ0n) is 14.2. The number of likely N-dealkylation sites (tertiary alicyclic amines) is 1. The molecule has 1 aliphatic heterocycles. The van der Waals surface area contributed by atoms with E-state index in [9.17, 15) is 4.79 Å². The lowest BCUT2D eigenvalue weighted by molar-refractivity contribution is -0.134. The standard InChI is InChI=1S/C18H23N5O/c1-3-18(24)23-11-7-5-8-15(23)14-12-17(21-13(2)20-14)22-16-9-4-6-10-19-16/h4,6,9-10,12,15H,3,5,7-8,11H2,1-2H3,(H,19,20,21,22). The summed E-state index contributed by atoms with van der Waals surface area (Å²) in [5.41, 5.74) is 0.905. The second kappa shape index (κ2) is 7.38. The maximum atomic E-state index is 12.3. The molecule has 0 radical (unpaired) electrons. The molecule has 0 aromatic carbocycles. The van der Waals surface area contributed by atoms with Gasteiger partial charge in [0.2, 0.25) is 5.91 Å². The zero-order chi connectivity index (χ0) is 16.9. The van der Waals surface area contributed by atoms with Crippen molar-refractivity contribution in [3.8, 4) is 0 Å². The monoisotopic (exact) mass is 325 g/mol. The van der Waals surface area contributed by atoms with E-state index in [-0.39, 0.29) is 11.9 Å². The Bertz CT molecular complexity index is 704. The van der Waals surface area contributed by atoms with Crippen molar-refractivity contribution in [2.75, 3.05) is 11.9 Å². The first-order valence-corrected chi connectivity index (χ1v) is 8.50. The number of anilines is 2. The molecule has 1 N–H and O–H groups in total. The Hall–Kier alpha value is -2.50. The summed E-state index contributed by atoms with van der Waals surface area (Å²) < 4.78 is 0. The molecular formula is C18H23N5O. The van der Waals surface area contributed by atoms with E-state index in [1.54, 1.807) is 6.20 Å². The normalized spacial score (nSPS) is 17.6. The van der Waals surface area contributed by atoms with E-state index in [1.165, 1.54) is 0 Å². The van der Waals surface area contributed by atoms with Gasteiger partial charge in [-0.15, -0.1) is 0 Å². The minimum Gasteiger partial charge on any atom is -0.334 e. The average Bonchev–Trinajstić information content (AvgIpc) is 2.61. The molecule has 0 bridgehead atoms. The van der Waals surface area contributed by atoms with Crippen LogP contribution in [-0.2, 0) is 4.79 Å². The van der Waals surface area contributed by atoms with Gasteiger partial charge in [0, 0.05) is 25.2 Å². The smallest absolute Gasteiger partial charge is 0.222 e. The maximum Gasteiger partial charge on any atom is 0.222 e. The van der Waals surface area contributed by atoms with Gasteiger partial charge < -0.3 is 10.2 Å². The first-order chi connectivity index (χ1) is 11.7. The third kappa shape index (κ3) is 3.69. The number of aryl methyl sites for hydroxylation is 1. The predicted molar refractivity (Wildman–Crippen MR) is 92.9 cm³/mol. The van der Waals surface area contributed by atoms with Gasteiger partial charge in [-0.3, -0.25) is 4.79 Å². The van der Waals surface area contributed by atoms with E-state index in [0.717, 1.165) is 37.3 Å². The van der Waals surface area contributed by atoms with E-state index in [0.29, 0.717) is 18.1 Å². The first-order valence-electron chi connectivity index (χ1n) is 8.50. The van der Waals surface area contributed by atoms with Gasteiger partial charge in [0.15, 0.2) is 0 Å². The fraction of sp³-hybridized carbons (Fsp3) is 0.444. The number of carbonyl (C=O) groups is 1. The summed E-state index contributed by atoms with van der Waals surface area (Å²) in [6.45, 7) is 4.60. The molecule has 0 spiro atoms. The van der Waals surface area contributed by atoms with Gasteiger partial charge in [-0.25, -0.2) is 15.0 Å². The molecule has 0 saturated carbocycles. The Morgan fingerprint density at radius 2 is 2.17 bits per heavy atom. The van der Waals surface area contributed by atoms with Crippen molar-refractivity contribution in [3.63, 3.8) is 0 Å². The van der Waals surface area contributed by atoms with Crippen LogP contribution in [0.2, 0.25) is 0 Å². The number of amides is 1. The minimum absolute atomic E-state index is 0.0391. The van der Waals surface area contributed by atoms with Gasteiger partial charge in [-0.2, -0.15) is 0 Å². The molecule has 24 heavy (non-hydrogen) atoms. The van der Waals surface area contributed by atoms with Crippen molar-refractivity contribution in [2.24, 2.45) is 0 Å². The summed E-state index contributed by atoms with van der Waals surface area (Å²) in [5, 5.41) is 3.22. The second-order valence-corrected chi connectivity index (χ2v) is 6.02. The molecule has 1 atom stereocenters. The molecular weight excluding hydrogens is 302 g/mol. The molecule has 1 saturated heterocycles. The Kier molecular flexibility index (Phi) is 5.03. The summed E-state index contributed by atoms with van der Waals surface area (Å²) >= 11 is 0. The van der Waals surface area contributed by atoms with Gasteiger partial charge in [-0.1, -0.05) is 13.0 Å². The Labute approximate surface area is 142 Å². The summed E-state index contributed by atoms with van der Waals surface area (Å²) in [4.78, 5) is 27.6. The van der Waals surface area contributed by atoms with Crippen LogP contribution in [-0.4, -0.2) is 32.3 Å². The molecule has 3 rings (SSSR count). The van der Waals surface area contributed by atoms with Crippen molar-refractivity contribution in [3.05, 3.63) is 42.0 Å². The van der Waals surface area contributed by atoms with Crippen LogP contribution in [0.5, 0.6) is 0 Å². The number of aromatic nitrogens is 3. The highest BCUT2D eigenvalue weighted by Gasteiger charge is 2.28. The Morgan fingerprint density at radius 3 is 2.92 bits per heavy atom. The van der Waals surface area contributed by atoms with Crippen LogP contribution < -0.4 is 5.32 Å². The molecule has 1 unspecified atom stereocenters. The highest BCUT2D eigenvalue weighted by atomic mass is 16.2. The van der Waals surface area contributed by atoms with Crippen LogP contribution >= 0.6 is 0 Å². The number of nitrogens with zero attached hydrogens (tertiary/aromatic N) is 4. The molecule has 3 heterocycles. The summed E-state index contributed by atoms with van der Waals surface area (Å²) in [6.07, 6.45) is 5.39. The average molecular weight is 325 g/mol. The second-order valence-electron chi connectivity index (χ2n) is 6.02. The number of hydrogen-bond donors (Lipinski definition) is 1. The van der Waals surface area contributed by atoms with E-state index < -0.39 is 0 Å². The molecule has 1 amide bonds. The molecule has 1 aliphatic rings. The van der Waals surface area contributed by atoms with Crippen molar-refractivity contribution < 1.29 is 4.79 Å². The number of rotatable bonds is 4. The van der Waals surface area contributed by atoms with Gasteiger partial charge in [-0.05, 0) is 38.3 Å². The highest BCUT2D eigenvalue weighted by Crippen LogP contribution is 2.31. The molecule has 0 aliphatic carbocycles. The number of carbonyl (C=O) groups excluding carboxylic acids is 1. The maximum absolute atomic E-state index is 12.3. The summed E-state index contributed by atoms with van der Waals surface area (Å²) in [6, 6.07) is 7.67. The molecule has 126 valence electrons. The topological polar surface area (TPSA) is 71.0 Å². The van der Waals surface area contributed by atoms with Crippen LogP contribution in [0.15, 0.2) is 30.5 Å². The summed E-state index contributed by atoms with van der Waals surface area (Å²) in [7, 11) is 0. The van der Waals surface area contributed by atoms with Crippen LogP contribution in [0.3, 0.4) is 0 Å². The molecule has 2 aromatic rings. The predicted octanol–water partition coefficient (Wildman–Crippen LogP) is 3.39. The summed E-state index contributed by atoms with van der Waals surface area (Å²) in [5.74, 6) is 2.34. The largest absolute Gasteiger partial charge is 0.334 e. The number of hydrogen-bond acceptors (Lipinski definition) is 5. The number of piperidine rings is 1. The molecule has 6 heteroatoms. The quantitative estimate of drug-likeness (QED) is 0.933. The Morgan fingerprint density at radius 1 is 1.29 bits per heavy atom. The van der Waals surface area contributed by atoms with Gasteiger partial charge >= 0.3 is 0 Å². The molecule has 6 nitrogen and oxygen atoms in total. The van der Waals surface area contributed by atoms with E-state index in [2.05, 4.69) is 20.3 Å². The third-order valence-corrected chi connectivity index (χ3v) is 4.25. The molecule has 2 aromatic heterocycles. The van der Waals surface area contributed by atoms with Gasteiger partial charge in [0.25, 0.3) is 0 Å². The molecule has 1 fully saturated rings. The fourth-order valence-corrected chi connectivity index (χ4v) is 3.13. The lowest BCUT2D eigenvalue weighted by atomic mass is 9.98. The van der Waals surface area contributed by atoms with Crippen molar-refractivity contribution in [1.29, 1.82) is 0 Å². The fourth-order valence-electron chi connectivity index (χ4n) is 3.13. The SMILES string of the molecule is CCC(=O)N1CCCCC1c1cc(Nc2ccccn2)nc(C)n1. The number of pyridine rings is 1. The number of nitrogens with one attached hydrogen (secondary N) is 1. The highest BCUT2D eigenvalue weighted by molar-refractivity contribution is 5.76. The van der Waals surface area contributed by atoms with Crippen LogP contribution in [0.25, 0.3) is 0 Å². The van der Waals surface area contributed by atoms with Crippen LogP contribution in [0, 0.1) is 6.92 Å². The van der Waals surface area contributed by atoms with Crippen molar-refractivity contribution in [2.45, 2.75) is 45.6 Å². The van der Waals surface area contributed by atoms with Crippen molar-refractivity contribution in [1.82, 2.24) is 19.9 Å². The van der Waals surface area contributed by atoms with Gasteiger partial charge in [0.05, 0.1) is 11.7 Å². The van der Waals surface area contributed by atoms with Gasteiger partial charge in [0.1, 0.15) is 17.5 Å². The van der Waals surface area contributed by atoms with Crippen LogP contribution in [0.1, 0.15) is 50.2 Å². The van der Waals surface area contributed by atoms with E-state index in [1.807, 2.05) is 43.0 Å². The van der Waals surface area contributed by atoms with E-state index in [4.69, 9.17) is 0 Å². The lowest BCUT2D eigenvalue weighted by Crippen LogP contribution is -2.38.